The topological polar surface area (TPSA) is 74.2 Å². The van der Waals surface area contributed by atoms with Crippen molar-refractivity contribution >= 4 is 24.7 Å². The number of aliphatic hydroxyl groups excluding tert-OH is 1. The van der Waals surface area contributed by atoms with Crippen LogP contribution in [0.1, 0.15) is 68.7 Å². The molecule has 0 saturated heterocycles. The lowest BCUT2D eigenvalue weighted by Crippen LogP contribution is -2.67. The van der Waals surface area contributed by atoms with Gasteiger partial charge in [0.1, 0.15) is 5.76 Å². The van der Waals surface area contributed by atoms with Crippen LogP contribution in [-0.2, 0) is 23.4 Å². The molecule has 0 spiro atoms. The predicted octanol–water partition coefficient (Wildman–Crippen LogP) is 5.57. The standard InChI is InChI=1S/C33H48O6Si/c1-23(21-33(9,36-10)29(34)24(2)28-25(3)30(35)39-32(7,8)38-28)22-37-40(31(4,5)6,26-17-13-11-14-18-26)27-19-15-12-16-20-27/h11-20,23-24,29,34H,21-22H2,1-10H3/t23-,24+,29-,33-/m1/s1. The molecule has 40 heavy (non-hydrogen) atoms. The van der Waals surface area contributed by atoms with Gasteiger partial charge in [-0.1, -0.05) is 95.3 Å². The molecule has 3 rings (SSSR count). The Balaban J connectivity index is 1.87. The van der Waals surface area contributed by atoms with Gasteiger partial charge in [-0.15, -0.1) is 0 Å². The third-order valence-corrected chi connectivity index (χ3v) is 13.1. The molecule has 1 N–H and O–H groups in total. The first-order valence-electron chi connectivity index (χ1n) is 14.2. The molecule has 6 nitrogen and oxygen atoms in total. The summed E-state index contributed by atoms with van der Waals surface area (Å²) in [4.78, 5) is 12.5. The highest BCUT2D eigenvalue weighted by Gasteiger charge is 2.51. The van der Waals surface area contributed by atoms with Crippen LogP contribution < -0.4 is 10.4 Å². The van der Waals surface area contributed by atoms with Gasteiger partial charge in [0.05, 0.1) is 17.3 Å². The van der Waals surface area contributed by atoms with Crippen molar-refractivity contribution in [2.45, 2.75) is 91.3 Å². The van der Waals surface area contributed by atoms with Crippen molar-refractivity contribution in [1.29, 1.82) is 0 Å². The summed E-state index contributed by atoms with van der Waals surface area (Å²) < 4.78 is 24.5. The first-order chi connectivity index (χ1) is 18.6. The smallest absolute Gasteiger partial charge is 0.340 e. The molecule has 1 aliphatic heterocycles. The van der Waals surface area contributed by atoms with Crippen molar-refractivity contribution in [3.8, 4) is 0 Å². The van der Waals surface area contributed by atoms with E-state index in [0.717, 1.165) is 0 Å². The summed E-state index contributed by atoms with van der Waals surface area (Å²) >= 11 is 0. The summed E-state index contributed by atoms with van der Waals surface area (Å²) in [5, 5.41) is 13.9. The van der Waals surface area contributed by atoms with E-state index in [1.165, 1.54) is 10.4 Å². The van der Waals surface area contributed by atoms with Crippen molar-refractivity contribution in [1.82, 2.24) is 0 Å². The van der Waals surface area contributed by atoms with Gasteiger partial charge >= 0.3 is 5.97 Å². The third-order valence-electron chi connectivity index (χ3n) is 8.10. The molecule has 0 bridgehead atoms. The number of hydrogen-bond donors (Lipinski definition) is 1. The van der Waals surface area contributed by atoms with E-state index in [-0.39, 0.29) is 11.0 Å². The maximum atomic E-state index is 12.5. The number of aliphatic hydroxyl groups is 1. The Morgan fingerprint density at radius 3 is 1.88 bits per heavy atom. The van der Waals surface area contributed by atoms with Crippen LogP contribution in [0.15, 0.2) is 72.0 Å². The van der Waals surface area contributed by atoms with E-state index in [2.05, 4.69) is 76.2 Å². The Bertz CT molecular complexity index is 1130. The number of methoxy groups -OCH3 is 1. The Kier molecular flexibility index (Phi) is 9.77. The Morgan fingerprint density at radius 1 is 0.925 bits per heavy atom. The van der Waals surface area contributed by atoms with E-state index in [1.54, 1.807) is 27.9 Å². The summed E-state index contributed by atoms with van der Waals surface area (Å²) in [5.74, 6) is -1.51. The van der Waals surface area contributed by atoms with Crippen molar-refractivity contribution in [3.05, 3.63) is 72.0 Å². The molecular formula is C33H48O6Si. The molecule has 0 fully saturated rings. The van der Waals surface area contributed by atoms with E-state index in [4.69, 9.17) is 18.6 Å². The van der Waals surface area contributed by atoms with Crippen molar-refractivity contribution in [3.63, 3.8) is 0 Å². The molecule has 0 saturated carbocycles. The quantitative estimate of drug-likeness (QED) is 0.282. The predicted molar refractivity (Wildman–Crippen MR) is 162 cm³/mol. The number of hydrogen-bond acceptors (Lipinski definition) is 6. The van der Waals surface area contributed by atoms with Crippen LogP contribution in [0, 0.1) is 11.8 Å². The van der Waals surface area contributed by atoms with Crippen LogP contribution in [-0.4, -0.2) is 50.6 Å². The highest BCUT2D eigenvalue weighted by molar-refractivity contribution is 6.99. The first-order valence-corrected chi connectivity index (χ1v) is 16.1. The van der Waals surface area contributed by atoms with Crippen LogP contribution in [0.4, 0.5) is 0 Å². The number of carbonyl (C=O) groups is 1. The number of ether oxygens (including phenoxy) is 3. The van der Waals surface area contributed by atoms with Crippen LogP contribution in [0.25, 0.3) is 0 Å². The molecule has 0 aliphatic carbocycles. The van der Waals surface area contributed by atoms with Crippen LogP contribution in [0.2, 0.25) is 5.04 Å². The highest BCUT2D eigenvalue weighted by Crippen LogP contribution is 2.39. The van der Waals surface area contributed by atoms with Gasteiger partial charge in [0.25, 0.3) is 8.32 Å². The average Bonchev–Trinajstić information content (AvgIpc) is 2.90. The van der Waals surface area contributed by atoms with Crippen molar-refractivity contribution in [2.75, 3.05) is 13.7 Å². The zero-order chi connectivity index (χ0) is 29.9. The zero-order valence-corrected chi connectivity index (χ0v) is 26.9. The lowest BCUT2D eigenvalue weighted by molar-refractivity contribution is -0.215. The molecule has 220 valence electrons. The molecule has 0 radical (unpaired) electrons. The second-order valence-corrected chi connectivity index (χ2v) is 17.2. The SMILES string of the molecule is CO[C@](C)(C[C@@H](C)CO[Si](c1ccccc1)(c1ccccc1)C(C)(C)C)[C@H](O)[C@@H](C)C1=C(C)C(=O)OC(C)(C)O1. The van der Waals surface area contributed by atoms with Crippen molar-refractivity contribution < 1.29 is 28.5 Å². The van der Waals surface area contributed by atoms with Crippen molar-refractivity contribution in [2.24, 2.45) is 11.8 Å². The average molecular weight is 569 g/mol. The monoisotopic (exact) mass is 568 g/mol. The Hall–Kier alpha value is -2.45. The van der Waals surface area contributed by atoms with Crippen LogP contribution in [0.3, 0.4) is 0 Å². The molecule has 0 aromatic heterocycles. The van der Waals surface area contributed by atoms with Gasteiger partial charge < -0.3 is 23.7 Å². The number of cyclic esters (lactones) is 1. The number of carbonyl (C=O) groups excluding carboxylic acids is 1. The van der Waals surface area contributed by atoms with Gasteiger partial charge in [-0.25, -0.2) is 4.79 Å². The lowest BCUT2D eigenvalue weighted by atomic mass is 9.81. The first kappa shape index (κ1) is 32.1. The number of benzene rings is 2. The summed E-state index contributed by atoms with van der Waals surface area (Å²) in [6.45, 7) is 18.3. The normalized spacial score (nSPS) is 19.7. The molecule has 2 aromatic rings. The van der Waals surface area contributed by atoms with Gasteiger partial charge in [0, 0.05) is 33.5 Å². The second kappa shape index (κ2) is 12.2. The Morgan fingerprint density at radius 2 is 1.43 bits per heavy atom. The van der Waals surface area contributed by atoms with E-state index < -0.39 is 37.7 Å². The fourth-order valence-electron chi connectivity index (χ4n) is 5.97. The highest BCUT2D eigenvalue weighted by atomic mass is 28.4. The summed E-state index contributed by atoms with van der Waals surface area (Å²) in [6, 6.07) is 21.2. The van der Waals surface area contributed by atoms with Gasteiger partial charge in [0.2, 0.25) is 5.79 Å². The summed E-state index contributed by atoms with van der Waals surface area (Å²) in [7, 11) is -1.07. The van der Waals surface area contributed by atoms with Gasteiger partial charge in [-0.3, -0.25) is 0 Å². The van der Waals surface area contributed by atoms with Crippen LogP contribution in [0.5, 0.6) is 0 Å². The maximum absolute atomic E-state index is 12.5. The van der Waals surface area contributed by atoms with E-state index in [9.17, 15) is 9.90 Å². The Labute approximate surface area is 241 Å². The molecule has 2 aromatic carbocycles. The minimum absolute atomic E-state index is 0.0669. The summed E-state index contributed by atoms with van der Waals surface area (Å²) in [6.07, 6.45) is -0.382. The largest absolute Gasteiger partial charge is 0.456 e. The second-order valence-electron chi connectivity index (χ2n) is 12.9. The van der Waals surface area contributed by atoms with E-state index >= 15 is 0 Å². The van der Waals surface area contributed by atoms with E-state index in [1.807, 2.05) is 26.0 Å². The molecular weight excluding hydrogens is 520 g/mol. The van der Waals surface area contributed by atoms with E-state index in [0.29, 0.717) is 24.4 Å². The van der Waals surface area contributed by atoms with Gasteiger partial charge in [-0.05, 0) is 41.6 Å². The fraction of sp³-hybridized carbons (Fsp3) is 0.545. The molecule has 1 heterocycles. The minimum atomic E-state index is -2.69. The van der Waals surface area contributed by atoms with Gasteiger partial charge in [-0.2, -0.15) is 0 Å². The fourth-order valence-corrected chi connectivity index (χ4v) is 10.7. The lowest BCUT2D eigenvalue weighted by Gasteiger charge is -2.44. The molecule has 0 unspecified atom stereocenters. The number of rotatable bonds is 11. The number of esters is 1. The molecule has 0 amide bonds. The zero-order valence-electron chi connectivity index (χ0n) is 25.9. The molecule has 7 heteroatoms. The summed E-state index contributed by atoms with van der Waals surface area (Å²) in [5.41, 5.74) is -0.539. The molecule has 1 aliphatic rings. The van der Waals surface area contributed by atoms with Gasteiger partial charge in [0.15, 0.2) is 0 Å². The minimum Gasteiger partial charge on any atom is -0.456 e. The third kappa shape index (κ3) is 6.54. The molecule has 4 atom stereocenters. The van der Waals surface area contributed by atoms with Crippen LogP contribution >= 0.6 is 0 Å². The maximum Gasteiger partial charge on any atom is 0.340 e.